The fraction of sp³-hybridized carbons (Fsp3) is 0.526. The Labute approximate surface area is 137 Å². The molecule has 122 valence electrons. The third kappa shape index (κ3) is 3.52. The molecule has 0 saturated heterocycles. The lowest BCUT2D eigenvalue weighted by Gasteiger charge is -2.21. The van der Waals surface area contributed by atoms with Gasteiger partial charge >= 0.3 is 0 Å². The molecule has 0 unspecified atom stereocenters. The molecule has 0 aliphatic heterocycles. The minimum Gasteiger partial charge on any atom is -0.296 e. The SMILES string of the molecule is Cc1ccc(-n2nnc(C=O)c2CCC2CCCCC2)c(C)c1. The molecule has 2 aromatic rings. The van der Waals surface area contributed by atoms with Crippen molar-refractivity contribution in [3.8, 4) is 5.69 Å². The van der Waals surface area contributed by atoms with Crippen LogP contribution in [0.25, 0.3) is 5.69 Å². The summed E-state index contributed by atoms with van der Waals surface area (Å²) >= 11 is 0. The van der Waals surface area contributed by atoms with E-state index in [1.54, 1.807) is 0 Å². The van der Waals surface area contributed by atoms with Gasteiger partial charge < -0.3 is 0 Å². The third-order valence-electron chi connectivity index (χ3n) is 5.00. The third-order valence-corrected chi connectivity index (χ3v) is 5.00. The van der Waals surface area contributed by atoms with Gasteiger partial charge in [0.1, 0.15) is 5.69 Å². The molecule has 1 aliphatic rings. The molecule has 0 amide bonds. The highest BCUT2D eigenvalue weighted by atomic mass is 16.1. The van der Waals surface area contributed by atoms with Crippen molar-refractivity contribution in [2.45, 2.75) is 58.8 Å². The second-order valence-electron chi connectivity index (χ2n) is 6.78. The van der Waals surface area contributed by atoms with Crippen molar-refractivity contribution < 1.29 is 4.79 Å². The van der Waals surface area contributed by atoms with Crippen molar-refractivity contribution in [3.05, 3.63) is 40.7 Å². The summed E-state index contributed by atoms with van der Waals surface area (Å²) in [6.45, 7) is 4.16. The van der Waals surface area contributed by atoms with Crippen LogP contribution >= 0.6 is 0 Å². The number of aromatic nitrogens is 3. The Hall–Kier alpha value is -1.97. The number of carbonyl (C=O) groups is 1. The van der Waals surface area contributed by atoms with Crippen molar-refractivity contribution in [1.82, 2.24) is 15.0 Å². The van der Waals surface area contributed by atoms with E-state index in [2.05, 4.69) is 42.4 Å². The highest BCUT2D eigenvalue weighted by Gasteiger charge is 2.19. The van der Waals surface area contributed by atoms with Crippen molar-refractivity contribution in [2.75, 3.05) is 0 Å². The molecular weight excluding hydrogens is 286 g/mol. The Morgan fingerprint density at radius 3 is 2.70 bits per heavy atom. The first kappa shape index (κ1) is 15.9. The van der Waals surface area contributed by atoms with E-state index in [0.29, 0.717) is 5.69 Å². The number of nitrogens with zero attached hydrogens (tertiary/aromatic N) is 3. The Balaban J connectivity index is 1.86. The molecule has 0 N–H and O–H groups in total. The number of rotatable bonds is 5. The van der Waals surface area contributed by atoms with Gasteiger partial charge in [-0.3, -0.25) is 4.79 Å². The number of benzene rings is 1. The first-order chi connectivity index (χ1) is 11.2. The van der Waals surface area contributed by atoms with E-state index in [0.717, 1.165) is 42.0 Å². The number of hydrogen-bond acceptors (Lipinski definition) is 3. The molecule has 1 saturated carbocycles. The summed E-state index contributed by atoms with van der Waals surface area (Å²) in [4.78, 5) is 11.3. The fourth-order valence-corrected chi connectivity index (χ4v) is 3.69. The van der Waals surface area contributed by atoms with Crippen LogP contribution in [0.3, 0.4) is 0 Å². The first-order valence-corrected chi connectivity index (χ1v) is 8.66. The van der Waals surface area contributed by atoms with Crippen molar-refractivity contribution in [3.63, 3.8) is 0 Å². The highest BCUT2D eigenvalue weighted by molar-refractivity contribution is 5.73. The van der Waals surface area contributed by atoms with Gasteiger partial charge in [-0.15, -0.1) is 5.10 Å². The van der Waals surface area contributed by atoms with Crippen LogP contribution in [0.15, 0.2) is 18.2 Å². The van der Waals surface area contributed by atoms with Crippen LogP contribution in [-0.4, -0.2) is 21.3 Å². The topological polar surface area (TPSA) is 47.8 Å². The lowest BCUT2D eigenvalue weighted by Crippen LogP contribution is -2.11. The summed E-state index contributed by atoms with van der Waals surface area (Å²) in [6.07, 6.45) is 9.54. The van der Waals surface area contributed by atoms with Gasteiger partial charge in [-0.2, -0.15) is 0 Å². The first-order valence-electron chi connectivity index (χ1n) is 8.66. The van der Waals surface area contributed by atoms with E-state index in [1.165, 1.54) is 37.7 Å². The summed E-state index contributed by atoms with van der Waals surface area (Å²) in [5.74, 6) is 0.783. The summed E-state index contributed by atoms with van der Waals surface area (Å²) in [7, 11) is 0. The molecule has 23 heavy (non-hydrogen) atoms. The van der Waals surface area contributed by atoms with Crippen molar-refractivity contribution >= 4 is 6.29 Å². The van der Waals surface area contributed by atoms with Crippen LogP contribution < -0.4 is 0 Å². The molecule has 1 heterocycles. The molecule has 0 atom stereocenters. The number of carbonyl (C=O) groups excluding carboxylic acids is 1. The zero-order chi connectivity index (χ0) is 16.2. The molecule has 4 nitrogen and oxygen atoms in total. The van der Waals surface area contributed by atoms with Gasteiger partial charge in [0.25, 0.3) is 0 Å². The molecular formula is C19H25N3O. The van der Waals surface area contributed by atoms with Gasteiger partial charge in [0.2, 0.25) is 0 Å². The lowest BCUT2D eigenvalue weighted by molar-refractivity contribution is 0.111. The predicted octanol–water partition coefficient (Wildman–Crippen LogP) is 4.21. The average Bonchev–Trinajstić information content (AvgIpc) is 2.96. The number of aldehydes is 1. The zero-order valence-electron chi connectivity index (χ0n) is 14.1. The average molecular weight is 311 g/mol. The Kier molecular flexibility index (Phi) is 4.89. The van der Waals surface area contributed by atoms with Crippen LogP contribution in [0.5, 0.6) is 0 Å². The molecule has 0 radical (unpaired) electrons. The van der Waals surface area contributed by atoms with Gasteiger partial charge in [-0.25, -0.2) is 4.68 Å². The summed E-state index contributed by atoms with van der Waals surface area (Å²) < 4.78 is 1.86. The summed E-state index contributed by atoms with van der Waals surface area (Å²) in [6, 6.07) is 6.29. The highest BCUT2D eigenvalue weighted by Crippen LogP contribution is 2.28. The maximum Gasteiger partial charge on any atom is 0.172 e. The fourth-order valence-electron chi connectivity index (χ4n) is 3.69. The van der Waals surface area contributed by atoms with Gasteiger partial charge in [-0.1, -0.05) is 55.0 Å². The molecule has 0 spiro atoms. The monoisotopic (exact) mass is 311 g/mol. The Bertz CT molecular complexity index is 684. The zero-order valence-corrected chi connectivity index (χ0v) is 14.1. The molecule has 4 heteroatoms. The van der Waals surface area contributed by atoms with E-state index in [-0.39, 0.29) is 0 Å². The second-order valence-corrected chi connectivity index (χ2v) is 6.78. The number of hydrogen-bond donors (Lipinski definition) is 0. The maximum absolute atomic E-state index is 11.3. The minimum absolute atomic E-state index is 0.487. The Morgan fingerprint density at radius 1 is 1.22 bits per heavy atom. The molecule has 0 bridgehead atoms. The summed E-state index contributed by atoms with van der Waals surface area (Å²) in [5.41, 5.74) is 4.85. The van der Waals surface area contributed by atoms with E-state index >= 15 is 0 Å². The van der Waals surface area contributed by atoms with Crippen molar-refractivity contribution in [1.29, 1.82) is 0 Å². The van der Waals surface area contributed by atoms with Gasteiger partial charge in [-0.05, 0) is 44.2 Å². The van der Waals surface area contributed by atoms with Crippen LogP contribution in [0.1, 0.15) is 65.8 Å². The smallest absolute Gasteiger partial charge is 0.172 e. The van der Waals surface area contributed by atoms with Gasteiger partial charge in [0.05, 0.1) is 11.4 Å². The normalized spacial score (nSPS) is 15.7. The van der Waals surface area contributed by atoms with Crippen LogP contribution in [0.4, 0.5) is 0 Å². The largest absolute Gasteiger partial charge is 0.296 e. The molecule has 1 aromatic heterocycles. The van der Waals surface area contributed by atoms with Crippen LogP contribution in [0.2, 0.25) is 0 Å². The van der Waals surface area contributed by atoms with Crippen molar-refractivity contribution in [2.24, 2.45) is 5.92 Å². The predicted molar refractivity (Wildman–Crippen MR) is 91.1 cm³/mol. The van der Waals surface area contributed by atoms with Crippen LogP contribution in [0, 0.1) is 19.8 Å². The van der Waals surface area contributed by atoms with E-state index in [9.17, 15) is 4.79 Å². The van der Waals surface area contributed by atoms with Gasteiger partial charge in [0.15, 0.2) is 6.29 Å². The molecule has 1 aliphatic carbocycles. The summed E-state index contributed by atoms with van der Waals surface area (Å²) in [5, 5.41) is 8.33. The maximum atomic E-state index is 11.3. The standard InChI is InChI=1S/C19H25N3O/c1-14-8-10-18(15(2)12-14)22-19(17(13-23)20-21-22)11-9-16-6-4-3-5-7-16/h8,10,12-13,16H,3-7,9,11H2,1-2H3. The van der Waals surface area contributed by atoms with Crippen LogP contribution in [-0.2, 0) is 6.42 Å². The van der Waals surface area contributed by atoms with Gasteiger partial charge in [0, 0.05) is 0 Å². The molecule has 3 rings (SSSR count). The molecule has 1 fully saturated rings. The Morgan fingerprint density at radius 2 is 2.00 bits per heavy atom. The lowest BCUT2D eigenvalue weighted by atomic mass is 9.85. The van der Waals surface area contributed by atoms with E-state index < -0.39 is 0 Å². The quantitative estimate of drug-likeness (QED) is 0.777. The van der Waals surface area contributed by atoms with E-state index in [4.69, 9.17) is 0 Å². The second kappa shape index (κ2) is 7.07. The van der Waals surface area contributed by atoms with E-state index in [1.807, 2.05) is 4.68 Å². The minimum atomic E-state index is 0.487. The molecule has 1 aromatic carbocycles. The number of aryl methyl sites for hydroxylation is 2.